The van der Waals surface area contributed by atoms with Gasteiger partial charge in [-0.2, -0.15) is 0 Å². The van der Waals surface area contributed by atoms with Crippen LogP contribution in [0.1, 0.15) is 0 Å². The molecule has 20 heavy (non-hydrogen) atoms. The zero-order chi connectivity index (χ0) is 13.7. The summed E-state index contributed by atoms with van der Waals surface area (Å²) in [6.45, 7) is 0.234. The van der Waals surface area contributed by atoms with Crippen molar-refractivity contribution in [2.24, 2.45) is 0 Å². The normalized spacial score (nSPS) is 13.1. The number of rotatable bonds is 1. The van der Waals surface area contributed by atoms with Crippen LogP contribution in [0, 0.1) is 0 Å². The number of hydrogen-bond donors (Lipinski definition) is 1. The highest BCUT2D eigenvalue weighted by atomic mass is 79.9. The molecule has 0 amide bonds. The van der Waals surface area contributed by atoms with Gasteiger partial charge in [-0.1, -0.05) is 6.07 Å². The first-order valence-electron chi connectivity index (χ1n) is 6.06. The van der Waals surface area contributed by atoms with Crippen molar-refractivity contribution in [2.75, 3.05) is 12.5 Å². The van der Waals surface area contributed by atoms with Crippen LogP contribution in [-0.2, 0) is 0 Å². The van der Waals surface area contributed by atoms with Gasteiger partial charge >= 0.3 is 0 Å². The Morgan fingerprint density at radius 3 is 3.00 bits per heavy atom. The number of nitrogens with zero attached hydrogens (tertiary/aromatic N) is 2. The summed E-state index contributed by atoms with van der Waals surface area (Å²) in [5.74, 6) is 2.02. The number of anilines is 1. The molecule has 0 saturated heterocycles. The topological polar surface area (TPSA) is 61.8 Å². The molecule has 1 aliphatic heterocycles. The van der Waals surface area contributed by atoms with Crippen molar-refractivity contribution in [1.29, 1.82) is 0 Å². The van der Waals surface area contributed by atoms with Gasteiger partial charge in [0.25, 0.3) is 0 Å². The molecule has 2 aromatic heterocycles. The van der Waals surface area contributed by atoms with E-state index < -0.39 is 0 Å². The lowest BCUT2D eigenvalue weighted by Gasteiger charge is -2.04. The maximum absolute atomic E-state index is 6.18. The zero-order valence-corrected chi connectivity index (χ0v) is 11.9. The van der Waals surface area contributed by atoms with Gasteiger partial charge in [-0.25, -0.2) is 4.98 Å². The molecule has 1 aliphatic rings. The van der Waals surface area contributed by atoms with Crippen molar-refractivity contribution in [3.63, 3.8) is 0 Å². The second-order valence-corrected chi connectivity index (χ2v) is 5.32. The van der Waals surface area contributed by atoms with Crippen molar-refractivity contribution in [1.82, 2.24) is 9.38 Å². The summed E-state index contributed by atoms with van der Waals surface area (Å²) in [6.07, 6.45) is 1.89. The van der Waals surface area contributed by atoms with Gasteiger partial charge in [0.2, 0.25) is 6.79 Å². The fourth-order valence-corrected chi connectivity index (χ4v) is 2.89. The molecule has 0 spiro atoms. The third kappa shape index (κ3) is 1.58. The fraction of sp³-hybridized carbons (Fsp3) is 0.0714. The van der Waals surface area contributed by atoms with Crippen LogP contribution in [0.4, 0.5) is 5.82 Å². The van der Waals surface area contributed by atoms with Crippen molar-refractivity contribution < 1.29 is 9.47 Å². The molecule has 0 atom stereocenters. The summed E-state index contributed by atoms with van der Waals surface area (Å²) in [7, 11) is 0. The summed E-state index contributed by atoms with van der Waals surface area (Å²) >= 11 is 3.48. The maximum Gasteiger partial charge on any atom is 0.231 e. The Morgan fingerprint density at radius 2 is 2.15 bits per heavy atom. The van der Waals surface area contributed by atoms with E-state index in [0.29, 0.717) is 11.6 Å². The highest BCUT2D eigenvalue weighted by molar-refractivity contribution is 9.10. The number of fused-ring (bicyclic) bond motifs is 2. The van der Waals surface area contributed by atoms with Gasteiger partial charge in [-0.05, 0) is 40.2 Å². The molecule has 0 unspecified atom stereocenters. The van der Waals surface area contributed by atoms with Gasteiger partial charge in [-0.15, -0.1) is 0 Å². The molecular weight excluding hydrogens is 322 g/mol. The first kappa shape index (κ1) is 11.6. The van der Waals surface area contributed by atoms with E-state index in [1.165, 1.54) is 0 Å². The van der Waals surface area contributed by atoms with E-state index >= 15 is 0 Å². The number of aromatic nitrogens is 2. The van der Waals surface area contributed by atoms with E-state index in [1.54, 1.807) is 0 Å². The lowest BCUT2D eigenvalue weighted by Crippen LogP contribution is -1.93. The highest BCUT2D eigenvalue weighted by Gasteiger charge is 2.20. The Bertz CT molecular complexity index is 829. The fourth-order valence-electron chi connectivity index (χ4n) is 2.33. The highest BCUT2D eigenvalue weighted by Crippen LogP contribution is 2.43. The Labute approximate surface area is 123 Å². The first-order chi connectivity index (χ1) is 9.74. The van der Waals surface area contributed by atoms with Gasteiger partial charge < -0.3 is 15.2 Å². The molecule has 4 rings (SSSR count). The van der Waals surface area contributed by atoms with Crippen molar-refractivity contribution in [3.8, 4) is 22.8 Å². The number of ether oxygens (including phenoxy) is 2. The largest absolute Gasteiger partial charge is 0.454 e. The van der Waals surface area contributed by atoms with E-state index in [9.17, 15) is 0 Å². The van der Waals surface area contributed by atoms with E-state index in [0.717, 1.165) is 27.1 Å². The Balaban J connectivity index is 1.95. The van der Waals surface area contributed by atoms with E-state index in [-0.39, 0.29) is 6.79 Å². The van der Waals surface area contributed by atoms with Crippen LogP contribution < -0.4 is 15.2 Å². The lowest BCUT2D eigenvalue weighted by atomic mass is 10.1. The van der Waals surface area contributed by atoms with E-state index in [4.69, 9.17) is 15.2 Å². The van der Waals surface area contributed by atoms with E-state index in [2.05, 4.69) is 20.9 Å². The molecule has 0 bridgehead atoms. The summed E-state index contributed by atoms with van der Waals surface area (Å²) < 4.78 is 13.5. The SMILES string of the molecule is Nc1c(-c2cc(Br)c3c(c2)OCO3)nc2ccccn12. The average Bonchev–Trinajstić information content (AvgIpc) is 3.04. The van der Waals surface area contributed by atoms with Crippen LogP contribution in [0.25, 0.3) is 16.9 Å². The Morgan fingerprint density at radius 1 is 1.25 bits per heavy atom. The number of imidazole rings is 1. The number of pyridine rings is 1. The number of hydrogen-bond acceptors (Lipinski definition) is 4. The molecule has 0 aliphatic carbocycles. The van der Waals surface area contributed by atoms with Crippen LogP contribution in [0.3, 0.4) is 0 Å². The number of nitrogen functional groups attached to an aromatic ring is 1. The minimum Gasteiger partial charge on any atom is -0.454 e. The van der Waals surface area contributed by atoms with Crippen LogP contribution in [-0.4, -0.2) is 16.2 Å². The third-order valence-corrected chi connectivity index (χ3v) is 3.86. The molecule has 0 fully saturated rings. The van der Waals surface area contributed by atoms with Gasteiger partial charge in [-0.3, -0.25) is 4.40 Å². The van der Waals surface area contributed by atoms with Crippen molar-refractivity contribution in [2.45, 2.75) is 0 Å². The second kappa shape index (κ2) is 4.14. The minimum atomic E-state index is 0.234. The smallest absolute Gasteiger partial charge is 0.231 e. The molecular formula is C14H10BrN3O2. The average molecular weight is 332 g/mol. The van der Waals surface area contributed by atoms with Crippen LogP contribution >= 0.6 is 15.9 Å². The molecule has 5 nitrogen and oxygen atoms in total. The number of benzene rings is 1. The van der Waals surface area contributed by atoms with Crippen molar-refractivity contribution >= 4 is 27.4 Å². The first-order valence-corrected chi connectivity index (χ1v) is 6.85. The Kier molecular flexibility index (Phi) is 2.40. The second-order valence-electron chi connectivity index (χ2n) is 4.47. The predicted octanol–water partition coefficient (Wildman–Crippen LogP) is 3.07. The summed E-state index contributed by atoms with van der Waals surface area (Å²) in [5.41, 5.74) is 8.62. The standard InChI is InChI=1S/C14H10BrN3O2/c15-9-5-8(6-10-13(9)20-7-19-10)12-14(16)18-4-2-1-3-11(18)17-12/h1-6H,7,16H2. The quantitative estimate of drug-likeness (QED) is 0.744. The maximum atomic E-state index is 6.18. The predicted molar refractivity (Wildman–Crippen MR) is 78.9 cm³/mol. The third-order valence-electron chi connectivity index (χ3n) is 3.27. The van der Waals surface area contributed by atoms with Gasteiger partial charge in [0.15, 0.2) is 11.5 Å². The summed E-state index contributed by atoms with van der Waals surface area (Å²) in [4.78, 5) is 4.57. The van der Waals surface area contributed by atoms with Gasteiger partial charge in [0.05, 0.1) is 4.47 Å². The van der Waals surface area contributed by atoms with Crippen LogP contribution in [0.5, 0.6) is 11.5 Å². The monoisotopic (exact) mass is 331 g/mol. The molecule has 3 heterocycles. The van der Waals surface area contributed by atoms with Gasteiger partial charge in [0.1, 0.15) is 17.2 Å². The Hall–Kier alpha value is -2.21. The summed E-state index contributed by atoms with van der Waals surface area (Å²) in [5, 5.41) is 0. The molecule has 0 saturated carbocycles. The van der Waals surface area contributed by atoms with Crippen LogP contribution in [0.15, 0.2) is 41.0 Å². The van der Waals surface area contributed by atoms with Gasteiger partial charge in [0, 0.05) is 11.8 Å². The lowest BCUT2D eigenvalue weighted by molar-refractivity contribution is 0.173. The number of halogens is 1. The van der Waals surface area contributed by atoms with E-state index in [1.807, 2.05) is 40.9 Å². The van der Waals surface area contributed by atoms with Crippen LogP contribution in [0.2, 0.25) is 0 Å². The molecule has 6 heteroatoms. The number of nitrogens with two attached hydrogens (primary N) is 1. The molecule has 0 radical (unpaired) electrons. The molecule has 2 N–H and O–H groups in total. The summed E-state index contributed by atoms with van der Waals surface area (Å²) in [6, 6.07) is 9.60. The molecule has 100 valence electrons. The minimum absolute atomic E-state index is 0.234. The zero-order valence-electron chi connectivity index (χ0n) is 10.3. The van der Waals surface area contributed by atoms with Crippen molar-refractivity contribution in [3.05, 3.63) is 41.0 Å². The molecule has 3 aromatic rings. The molecule has 1 aromatic carbocycles.